The molecule has 1 atom stereocenters. The van der Waals surface area contributed by atoms with E-state index >= 15 is 0 Å². The van der Waals surface area contributed by atoms with Crippen molar-refractivity contribution in [2.24, 2.45) is 0 Å². The van der Waals surface area contributed by atoms with Gasteiger partial charge in [-0.2, -0.15) is 0 Å². The van der Waals surface area contributed by atoms with E-state index in [1.54, 1.807) is 11.3 Å². The van der Waals surface area contributed by atoms with E-state index in [9.17, 15) is 8.42 Å². The zero-order valence-electron chi connectivity index (χ0n) is 9.30. The van der Waals surface area contributed by atoms with E-state index < -0.39 is 9.84 Å². The van der Waals surface area contributed by atoms with Gasteiger partial charge in [0.1, 0.15) is 0 Å². The highest BCUT2D eigenvalue weighted by molar-refractivity contribution is 7.92. The third kappa shape index (κ3) is 2.81. The summed E-state index contributed by atoms with van der Waals surface area (Å²) in [4.78, 5) is 7.43. The summed E-state index contributed by atoms with van der Waals surface area (Å²) in [6.07, 6.45) is 2.59. The van der Waals surface area contributed by atoms with Crippen LogP contribution >= 0.6 is 11.3 Å². The van der Waals surface area contributed by atoms with Crippen molar-refractivity contribution >= 4 is 21.2 Å². The van der Waals surface area contributed by atoms with Gasteiger partial charge in [0, 0.05) is 24.2 Å². The molecular weight excluding hydrogens is 244 g/mol. The van der Waals surface area contributed by atoms with Crippen LogP contribution in [0.2, 0.25) is 0 Å². The number of rotatable bonds is 2. The molecule has 0 radical (unpaired) electrons. The lowest BCUT2D eigenvalue weighted by atomic mass is 10.3. The van der Waals surface area contributed by atoms with Gasteiger partial charge in [-0.25, -0.2) is 8.42 Å². The van der Waals surface area contributed by atoms with E-state index in [2.05, 4.69) is 9.88 Å². The fourth-order valence-electron chi connectivity index (χ4n) is 1.81. The zero-order valence-corrected chi connectivity index (χ0v) is 10.9. The van der Waals surface area contributed by atoms with Gasteiger partial charge in [-0.05, 0) is 19.9 Å². The lowest BCUT2D eigenvalue weighted by Crippen LogP contribution is -2.26. The smallest absolute Gasteiger partial charge is 0.154 e. The lowest BCUT2D eigenvalue weighted by molar-refractivity contribution is 0.286. The minimum Gasteiger partial charge on any atom is -0.297 e. The van der Waals surface area contributed by atoms with Crippen molar-refractivity contribution in [2.45, 2.75) is 25.1 Å². The van der Waals surface area contributed by atoms with E-state index in [4.69, 9.17) is 0 Å². The van der Waals surface area contributed by atoms with E-state index in [0.717, 1.165) is 19.5 Å². The largest absolute Gasteiger partial charge is 0.297 e. The first-order chi connectivity index (χ1) is 7.58. The Morgan fingerprint density at radius 3 is 3.06 bits per heavy atom. The first kappa shape index (κ1) is 12.0. The molecule has 4 nitrogen and oxygen atoms in total. The van der Waals surface area contributed by atoms with Gasteiger partial charge in [0.2, 0.25) is 0 Å². The average Bonchev–Trinajstić information content (AvgIpc) is 2.70. The van der Waals surface area contributed by atoms with Gasteiger partial charge in [0.25, 0.3) is 0 Å². The average molecular weight is 260 g/mol. The number of thiazole rings is 1. The highest BCUT2D eigenvalue weighted by Crippen LogP contribution is 2.16. The molecule has 0 spiro atoms. The zero-order chi connectivity index (χ0) is 11.6. The standard InChI is InChI=1S/C10H16N2O2S2/c1-9-2-3-12(4-5-16(9,13)14)7-10-6-11-8-15-10/h6,8-9H,2-5,7H2,1H3/t9-/m1/s1. The number of nitrogens with zero attached hydrogens (tertiary/aromatic N) is 2. The third-order valence-electron chi connectivity index (χ3n) is 3.02. The summed E-state index contributed by atoms with van der Waals surface area (Å²) in [6.45, 7) is 4.14. The molecule has 0 aromatic carbocycles. The normalized spacial score (nSPS) is 26.4. The van der Waals surface area contributed by atoms with Crippen LogP contribution in [0.15, 0.2) is 11.7 Å². The molecule has 1 aliphatic heterocycles. The Morgan fingerprint density at radius 2 is 2.38 bits per heavy atom. The number of aromatic nitrogens is 1. The second kappa shape index (κ2) is 4.81. The number of hydrogen-bond donors (Lipinski definition) is 0. The van der Waals surface area contributed by atoms with Gasteiger partial charge >= 0.3 is 0 Å². The molecule has 1 aliphatic rings. The van der Waals surface area contributed by atoms with Crippen LogP contribution in [-0.4, -0.2) is 42.4 Å². The molecule has 0 unspecified atom stereocenters. The Hall–Kier alpha value is -0.460. The molecule has 0 amide bonds. The molecule has 1 saturated heterocycles. The monoisotopic (exact) mass is 260 g/mol. The predicted octanol–water partition coefficient (Wildman–Crippen LogP) is 1.15. The van der Waals surface area contributed by atoms with Crippen LogP contribution in [0.4, 0.5) is 0 Å². The van der Waals surface area contributed by atoms with Gasteiger partial charge in [-0.1, -0.05) is 0 Å². The molecule has 0 N–H and O–H groups in total. The molecule has 2 heterocycles. The predicted molar refractivity (Wildman–Crippen MR) is 65.3 cm³/mol. The molecular formula is C10H16N2O2S2. The number of sulfone groups is 1. The maximum absolute atomic E-state index is 11.7. The highest BCUT2D eigenvalue weighted by Gasteiger charge is 2.26. The second-order valence-electron chi connectivity index (χ2n) is 4.21. The summed E-state index contributed by atoms with van der Waals surface area (Å²) < 4.78 is 23.4. The highest BCUT2D eigenvalue weighted by atomic mass is 32.2. The van der Waals surface area contributed by atoms with Crippen LogP contribution < -0.4 is 0 Å². The van der Waals surface area contributed by atoms with Crippen LogP contribution in [0.5, 0.6) is 0 Å². The molecule has 0 aliphatic carbocycles. The van der Waals surface area contributed by atoms with E-state index in [1.807, 2.05) is 18.6 Å². The second-order valence-corrected chi connectivity index (χ2v) is 7.72. The van der Waals surface area contributed by atoms with Crippen LogP contribution in [0, 0.1) is 0 Å². The third-order valence-corrected chi connectivity index (χ3v) is 6.00. The Labute approximate surface area is 100 Å². The summed E-state index contributed by atoms with van der Waals surface area (Å²) in [5.41, 5.74) is 1.81. The molecule has 1 aromatic heterocycles. The van der Waals surface area contributed by atoms with Crippen molar-refractivity contribution in [2.75, 3.05) is 18.8 Å². The topological polar surface area (TPSA) is 50.3 Å². The summed E-state index contributed by atoms with van der Waals surface area (Å²) in [5, 5.41) is -0.195. The summed E-state index contributed by atoms with van der Waals surface area (Å²) in [5.74, 6) is 0.285. The molecule has 6 heteroatoms. The van der Waals surface area contributed by atoms with Crippen LogP contribution in [0.1, 0.15) is 18.2 Å². The quantitative estimate of drug-likeness (QED) is 0.800. The lowest BCUT2D eigenvalue weighted by Gasteiger charge is -2.17. The van der Waals surface area contributed by atoms with Gasteiger partial charge in [0.15, 0.2) is 9.84 Å². The van der Waals surface area contributed by atoms with Crippen LogP contribution in [-0.2, 0) is 16.4 Å². The van der Waals surface area contributed by atoms with Crippen molar-refractivity contribution < 1.29 is 8.42 Å². The molecule has 90 valence electrons. The van der Waals surface area contributed by atoms with Crippen LogP contribution in [0.3, 0.4) is 0 Å². The first-order valence-corrected chi connectivity index (χ1v) is 7.99. The van der Waals surface area contributed by atoms with Crippen molar-refractivity contribution in [3.63, 3.8) is 0 Å². The first-order valence-electron chi connectivity index (χ1n) is 5.39. The number of hydrogen-bond acceptors (Lipinski definition) is 5. The summed E-state index contributed by atoms with van der Waals surface area (Å²) in [7, 11) is -2.86. The van der Waals surface area contributed by atoms with Gasteiger partial charge in [-0.15, -0.1) is 11.3 Å². The SMILES string of the molecule is C[C@@H]1CCN(Cc2cncs2)CCS1(=O)=O. The summed E-state index contributed by atoms with van der Waals surface area (Å²) in [6, 6.07) is 0. The maximum atomic E-state index is 11.7. The van der Waals surface area contributed by atoms with Gasteiger partial charge in [-0.3, -0.25) is 9.88 Å². The van der Waals surface area contributed by atoms with Crippen molar-refractivity contribution in [1.29, 1.82) is 0 Å². The van der Waals surface area contributed by atoms with E-state index in [0.29, 0.717) is 6.54 Å². The van der Waals surface area contributed by atoms with Gasteiger partial charge < -0.3 is 0 Å². The Bertz CT molecular complexity index is 428. The fraction of sp³-hybridized carbons (Fsp3) is 0.700. The van der Waals surface area contributed by atoms with Crippen molar-refractivity contribution in [3.8, 4) is 0 Å². The molecule has 0 saturated carbocycles. The van der Waals surface area contributed by atoms with Crippen molar-refractivity contribution in [3.05, 3.63) is 16.6 Å². The van der Waals surface area contributed by atoms with Crippen molar-refractivity contribution in [1.82, 2.24) is 9.88 Å². The molecule has 1 aromatic rings. The molecule has 2 rings (SSSR count). The van der Waals surface area contributed by atoms with E-state index in [-0.39, 0.29) is 11.0 Å². The molecule has 16 heavy (non-hydrogen) atoms. The Balaban J connectivity index is 1.99. The summed E-state index contributed by atoms with van der Waals surface area (Å²) >= 11 is 1.62. The van der Waals surface area contributed by atoms with Crippen LogP contribution in [0.25, 0.3) is 0 Å². The minimum absolute atomic E-state index is 0.195. The fourth-order valence-corrected chi connectivity index (χ4v) is 3.83. The minimum atomic E-state index is -2.86. The Kier molecular flexibility index (Phi) is 3.61. The molecule has 1 fully saturated rings. The Morgan fingerprint density at radius 1 is 1.56 bits per heavy atom. The van der Waals surface area contributed by atoms with Gasteiger partial charge in [0.05, 0.1) is 16.5 Å². The molecule has 0 bridgehead atoms. The maximum Gasteiger partial charge on any atom is 0.154 e. The van der Waals surface area contributed by atoms with E-state index in [1.165, 1.54) is 4.88 Å².